The zero-order chi connectivity index (χ0) is 15.4. The molecule has 108 valence electrons. The number of carbonyl (C=O) groups is 2. The lowest BCUT2D eigenvalue weighted by molar-refractivity contribution is 0.0697. The predicted octanol–water partition coefficient (Wildman–Crippen LogP) is 3.82. The van der Waals surface area contributed by atoms with E-state index < -0.39 is 17.8 Å². The maximum Gasteiger partial charge on any atom is 0.335 e. The van der Waals surface area contributed by atoms with Crippen LogP contribution in [0.2, 0.25) is 5.02 Å². The Balaban J connectivity index is 2.04. The zero-order valence-corrected chi connectivity index (χ0v) is 11.3. The highest BCUT2D eigenvalue weighted by Gasteiger charge is 2.10. The van der Waals surface area contributed by atoms with Gasteiger partial charge >= 0.3 is 12.0 Å². The number of aromatic carboxylic acids is 1. The normalized spacial score (nSPS) is 10.0. The minimum Gasteiger partial charge on any atom is -0.478 e. The second-order valence-corrected chi connectivity index (χ2v) is 4.47. The van der Waals surface area contributed by atoms with Crippen molar-refractivity contribution in [3.8, 4) is 0 Å². The van der Waals surface area contributed by atoms with Gasteiger partial charge in [-0.2, -0.15) is 0 Å². The number of urea groups is 1. The molecule has 7 heteroatoms. The van der Waals surface area contributed by atoms with E-state index in [2.05, 4.69) is 10.6 Å². The molecule has 0 radical (unpaired) electrons. The number of amides is 2. The van der Waals surface area contributed by atoms with Crippen LogP contribution in [0.4, 0.5) is 20.6 Å². The zero-order valence-electron chi connectivity index (χ0n) is 10.6. The molecule has 2 rings (SSSR count). The van der Waals surface area contributed by atoms with Crippen molar-refractivity contribution >= 4 is 35.0 Å². The van der Waals surface area contributed by atoms with E-state index in [9.17, 15) is 14.0 Å². The minimum atomic E-state index is -1.06. The molecule has 0 aliphatic heterocycles. The van der Waals surface area contributed by atoms with Gasteiger partial charge in [0.2, 0.25) is 0 Å². The van der Waals surface area contributed by atoms with Crippen molar-refractivity contribution in [1.29, 1.82) is 0 Å². The highest BCUT2D eigenvalue weighted by atomic mass is 35.5. The first-order valence-electron chi connectivity index (χ1n) is 5.83. The molecule has 0 saturated carbocycles. The number of carbonyl (C=O) groups excluding carboxylic acids is 1. The van der Waals surface area contributed by atoms with Crippen LogP contribution in [0.1, 0.15) is 10.4 Å². The number of carboxylic acids is 1. The SMILES string of the molecule is O=C(Nc1ccc(C(=O)O)cc1)Nc1cccc(Cl)c1F. The first-order valence-corrected chi connectivity index (χ1v) is 6.20. The van der Waals surface area contributed by atoms with Gasteiger partial charge in [0.15, 0.2) is 5.82 Å². The van der Waals surface area contributed by atoms with E-state index in [0.717, 1.165) is 0 Å². The molecule has 2 aromatic carbocycles. The Bertz CT molecular complexity index is 689. The first kappa shape index (κ1) is 14.8. The van der Waals surface area contributed by atoms with Crippen LogP contribution in [0, 0.1) is 5.82 Å². The van der Waals surface area contributed by atoms with E-state index in [1.807, 2.05) is 0 Å². The summed E-state index contributed by atoms with van der Waals surface area (Å²) in [5.41, 5.74) is 0.420. The van der Waals surface area contributed by atoms with Crippen LogP contribution < -0.4 is 10.6 Å². The molecule has 2 amide bonds. The van der Waals surface area contributed by atoms with Gasteiger partial charge in [0, 0.05) is 5.69 Å². The average Bonchev–Trinajstić information content (AvgIpc) is 2.44. The lowest BCUT2D eigenvalue weighted by Crippen LogP contribution is -2.20. The fraction of sp³-hybridized carbons (Fsp3) is 0. The summed E-state index contributed by atoms with van der Waals surface area (Å²) >= 11 is 5.60. The van der Waals surface area contributed by atoms with Crippen LogP contribution in [0.3, 0.4) is 0 Å². The van der Waals surface area contributed by atoms with Crippen LogP contribution in [-0.2, 0) is 0 Å². The summed E-state index contributed by atoms with van der Waals surface area (Å²) in [6, 6.07) is 9.12. The number of hydrogen-bond donors (Lipinski definition) is 3. The topological polar surface area (TPSA) is 78.4 Å². The average molecular weight is 309 g/mol. The second-order valence-electron chi connectivity index (χ2n) is 4.06. The molecule has 0 spiro atoms. The van der Waals surface area contributed by atoms with E-state index >= 15 is 0 Å². The third kappa shape index (κ3) is 3.70. The number of carboxylic acid groups (broad SMARTS) is 1. The summed E-state index contributed by atoms with van der Waals surface area (Å²) < 4.78 is 13.6. The molecule has 0 aromatic heterocycles. The van der Waals surface area contributed by atoms with E-state index in [-0.39, 0.29) is 16.3 Å². The minimum absolute atomic E-state index is 0.0536. The van der Waals surface area contributed by atoms with Crippen LogP contribution in [0.25, 0.3) is 0 Å². The maximum absolute atomic E-state index is 13.6. The molecule has 0 unspecified atom stereocenters. The number of halogens is 2. The van der Waals surface area contributed by atoms with Crippen molar-refractivity contribution in [1.82, 2.24) is 0 Å². The van der Waals surface area contributed by atoms with Gasteiger partial charge in [0.1, 0.15) is 0 Å². The van der Waals surface area contributed by atoms with Gasteiger partial charge in [0.25, 0.3) is 0 Å². The molecule has 0 fully saturated rings. The van der Waals surface area contributed by atoms with Crippen molar-refractivity contribution in [2.45, 2.75) is 0 Å². The van der Waals surface area contributed by atoms with Crippen molar-refractivity contribution in [3.05, 3.63) is 58.9 Å². The molecule has 0 aliphatic carbocycles. The third-order valence-corrected chi connectivity index (χ3v) is 2.88. The molecule has 0 aliphatic rings. The van der Waals surface area contributed by atoms with Gasteiger partial charge in [-0.25, -0.2) is 14.0 Å². The largest absolute Gasteiger partial charge is 0.478 e. The second kappa shape index (κ2) is 6.23. The van der Waals surface area contributed by atoms with E-state index in [4.69, 9.17) is 16.7 Å². The molecule has 21 heavy (non-hydrogen) atoms. The quantitative estimate of drug-likeness (QED) is 0.806. The van der Waals surface area contributed by atoms with Gasteiger partial charge in [-0.15, -0.1) is 0 Å². The van der Waals surface area contributed by atoms with Crippen LogP contribution >= 0.6 is 11.6 Å². The lowest BCUT2D eigenvalue weighted by Gasteiger charge is -2.09. The fourth-order valence-electron chi connectivity index (χ4n) is 1.58. The summed E-state index contributed by atoms with van der Waals surface area (Å²) in [6.07, 6.45) is 0. The van der Waals surface area contributed by atoms with Crippen LogP contribution in [0.5, 0.6) is 0 Å². The van der Waals surface area contributed by atoms with Gasteiger partial charge in [-0.05, 0) is 36.4 Å². The molecule has 0 atom stereocenters. The van der Waals surface area contributed by atoms with Crippen molar-refractivity contribution in [2.75, 3.05) is 10.6 Å². The fourth-order valence-corrected chi connectivity index (χ4v) is 1.76. The van der Waals surface area contributed by atoms with E-state index in [1.54, 1.807) is 0 Å². The highest BCUT2D eigenvalue weighted by molar-refractivity contribution is 6.31. The van der Waals surface area contributed by atoms with E-state index in [0.29, 0.717) is 5.69 Å². The highest BCUT2D eigenvalue weighted by Crippen LogP contribution is 2.22. The third-order valence-electron chi connectivity index (χ3n) is 2.59. The smallest absolute Gasteiger partial charge is 0.335 e. The van der Waals surface area contributed by atoms with Crippen molar-refractivity contribution in [2.24, 2.45) is 0 Å². The van der Waals surface area contributed by atoms with Crippen LogP contribution in [-0.4, -0.2) is 17.1 Å². The molecular weight excluding hydrogens is 299 g/mol. The Kier molecular flexibility index (Phi) is 4.39. The van der Waals surface area contributed by atoms with Crippen LogP contribution in [0.15, 0.2) is 42.5 Å². The number of benzene rings is 2. The van der Waals surface area contributed by atoms with Crippen molar-refractivity contribution in [3.63, 3.8) is 0 Å². The Morgan fingerprint density at radius 3 is 2.33 bits per heavy atom. The molecular formula is C14H10ClFN2O3. The Labute approximate surface area is 124 Å². The lowest BCUT2D eigenvalue weighted by atomic mass is 10.2. The Morgan fingerprint density at radius 2 is 1.71 bits per heavy atom. The Morgan fingerprint density at radius 1 is 1.05 bits per heavy atom. The Hall–Kier alpha value is -2.60. The summed E-state index contributed by atoms with van der Waals surface area (Å²) in [7, 11) is 0. The van der Waals surface area contributed by atoms with Gasteiger partial charge in [-0.3, -0.25) is 0 Å². The first-order chi connectivity index (χ1) is 9.97. The number of nitrogens with one attached hydrogen (secondary N) is 2. The molecule has 0 bridgehead atoms. The van der Waals surface area contributed by atoms with E-state index in [1.165, 1.54) is 42.5 Å². The van der Waals surface area contributed by atoms with Gasteiger partial charge in [-0.1, -0.05) is 17.7 Å². The maximum atomic E-state index is 13.6. The molecule has 2 aromatic rings. The van der Waals surface area contributed by atoms with Crippen molar-refractivity contribution < 1.29 is 19.1 Å². The predicted molar refractivity (Wildman–Crippen MR) is 77.5 cm³/mol. The summed E-state index contributed by atoms with van der Waals surface area (Å²) in [5.74, 6) is -1.79. The summed E-state index contributed by atoms with van der Waals surface area (Å²) in [6.45, 7) is 0. The van der Waals surface area contributed by atoms with Gasteiger partial charge < -0.3 is 15.7 Å². The number of rotatable bonds is 3. The monoisotopic (exact) mass is 308 g/mol. The number of hydrogen-bond acceptors (Lipinski definition) is 2. The standard InChI is InChI=1S/C14H10ClFN2O3/c15-10-2-1-3-11(12(10)16)18-14(21)17-9-6-4-8(5-7-9)13(19)20/h1-7H,(H,19,20)(H2,17,18,21). The number of anilines is 2. The molecule has 3 N–H and O–H groups in total. The summed E-state index contributed by atoms with van der Waals surface area (Å²) in [4.78, 5) is 22.4. The molecule has 0 saturated heterocycles. The summed E-state index contributed by atoms with van der Waals surface area (Å²) in [5, 5.41) is 13.4. The van der Waals surface area contributed by atoms with Gasteiger partial charge in [0.05, 0.1) is 16.3 Å². The molecule has 0 heterocycles. The molecule has 5 nitrogen and oxygen atoms in total.